The molecule has 0 unspecified atom stereocenters. The summed E-state index contributed by atoms with van der Waals surface area (Å²) < 4.78 is 5.22. The van der Waals surface area contributed by atoms with Crippen molar-refractivity contribution < 1.29 is 9.84 Å². The topological polar surface area (TPSA) is 65.3 Å². The standard InChI is InChI=1S/C12H16N2O2/c1-14-7-6-12(13)10-2-4-11(5-3-10)16-9-8-15/h2-7,13-15H,8-9H2,1H3/b7-6-,13-12?. The lowest BCUT2D eigenvalue weighted by atomic mass is 10.1. The highest BCUT2D eigenvalue weighted by Crippen LogP contribution is 2.12. The molecule has 0 heterocycles. The Morgan fingerprint density at radius 3 is 2.69 bits per heavy atom. The highest BCUT2D eigenvalue weighted by molar-refractivity contribution is 6.06. The first-order valence-electron chi connectivity index (χ1n) is 5.04. The lowest BCUT2D eigenvalue weighted by molar-refractivity contribution is 0.201. The fourth-order valence-electron chi connectivity index (χ4n) is 1.16. The van der Waals surface area contributed by atoms with Gasteiger partial charge in [0, 0.05) is 7.05 Å². The Balaban J connectivity index is 2.63. The van der Waals surface area contributed by atoms with Gasteiger partial charge in [-0.25, -0.2) is 0 Å². The third-order valence-corrected chi connectivity index (χ3v) is 1.94. The molecule has 0 atom stereocenters. The van der Waals surface area contributed by atoms with E-state index in [1.807, 2.05) is 12.1 Å². The summed E-state index contributed by atoms with van der Waals surface area (Å²) in [5.74, 6) is 0.697. The van der Waals surface area contributed by atoms with E-state index in [2.05, 4.69) is 5.32 Å². The van der Waals surface area contributed by atoms with Gasteiger partial charge in [-0.15, -0.1) is 0 Å². The van der Waals surface area contributed by atoms with Crippen LogP contribution >= 0.6 is 0 Å². The molecule has 4 nitrogen and oxygen atoms in total. The normalized spacial score (nSPS) is 10.4. The van der Waals surface area contributed by atoms with E-state index in [1.54, 1.807) is 31.5 Å². The largest absolute Gasteiger partial charge is 0.491 e. The van der Waals surface area contributed by atoms with Crippen LogP contribution in [0, 0.1) is 5.41 Å². The predicted molar refractivity (Wildman–Crippen MR) is 64.1 cm³/mol. The van der Waals surface area contributed by atoms with Crippen molar-refractivity contribution in [1.29, 1.82) is 5.41 Å². The molecular weight excluding hydrogens is 204 g/mol. The Morgan fingerprint density at radius 1 is 1.44 bits per heavy atom. The van der Waals surface area contributed by atoms with Crippen molar-refractivity contribution >= 4 is 5.71 Å². The minimum absolute atomic E-state index is 0.00246. The molecule has 0 saturated heterocycles. The summed E-state index contributed by atoms with van der Waals surface area (Å²) in [6.07, 6.45) is 3.39. The number of rotatable bonds is 6. The van der Waals surface area contributed by atoms with E-state index in [4.69, 9.17) is 15.3 Å². The number of hydrogen-bond acceptors (Lipinski definition) is 4. The van der Waals surface area contributed by atoms with Crippen LogP contribution in [-0.4, -0.2) is 31.1 Å². The van der Waals surface area contributed by atoms with Crippen LogP contribution < -0.4 is 10.1 Å². The number of aliphatic hydroxyl groups is 1. The zero-order valence-corrected chi connectivity index (χ0v) is 9.23. The second-order valence-corrected chi connectivity index (χ2v) is 3.13. The Morgan fingerprint density at radius 2 is 2.12 bits per heavy atom. The molecule has 0 saturated carbocycles. The molecule has 0 aromatic heterocycles. The molecule has 0 aliphatic rings. The van der Waals surface area contributed by atoms with Crippen molar-refractivity contribution in [3.05, 3.63) is 42.1 Å². The van der Waals surface area contributed by atoms with E-state index in [9.17, 15) is 0 Å². The number of hydrogen-bond donors (Lipinski definition) is 3. The van der Waals surface area contributed by atoms with Gasteiger partial charge < -0.3 is 20.6 Å². The average molecular weight is 220 g/mol. The van der Waals surface area contributed by atoms with Crippen LogP contribution in [0.2, 0.25) is 0 Å². The summed E-state index contributed by atoms with van der Waals surface area (Å²) in [4.78, 5) is 0. The molecule has 0 aliphatic carbocycles. The monoisotopic (exact) mass is 220 g/mol. The minimum atomic E-state index is 0.00246. The van der Waals surface area contributed by atoms with Gasteiger partial charge in [0.05, 0.1) is 12.3 Å². The van der Waals surface area contributed by atoms with Gasteiger partial charge in [-0.3, -0.25) is 0 Å². The van der Waals surface area contributed by atoms with Crippen LogP contribution in [0.4, 0.5) is 0 Å². The first-order valence-corrected chi connectivity index (χ1v) is 5.04. The molecule has 0 fully saturated rings. The van der Waals surface area contributed by atoms with Crippen LogP contribution in [0.3, 0.4) is 0 Å². The molecular formula is C12H16N2O2. The summed E-state index contributed by atoms with van der Waals surface area (Å²) in [6, 6.07) is 7.20. The number of ether oxygens (including phenoxy) is 1. The van der Waals surface area contributed by atoms with Gasteiger partial charge in [0.2, 0.25) is 0 Å². The predicted octanol–water partition coefficient (Wildman–Crippen LogP) is 1.16. The highest BCUT2D eigenvalue weighted by atomic mass is 16.5. The summed E-state index contributed by atoms with van der Waals surface area (Å²) in [6.45, 7) is 0.291. The molecule has 1 aromatic rings. The molecule has 0 aliphatic heterocycles. The van der Waals surface area contributed by atoms with Crippen LogP contribution in [0.15, 0.2) is 36.5 Å². The van der Waals surface area contributed by atoms with Crippen LogP contribution in [-0.2, 0) is 0 Å². The lowest BCUT2D eigenvalue weighted by Gasteiger charge is -2.05. The number of allylic oxidation sites excluding steroid dienone is 1. The summed E-state index contributed by atoms with van der Waals surface area (Å²) in [5, 5.41) is 19.2. The van der Waals surface area contributed by atoms with E-state index in [1.165, 1.54) is 0 Å². The van der Waals surface area contributed by atoms with Gasteiger partial charge in [-0.1, -0.05) is 0 Å². The molecule has 4 heteroatoms. The molecule has 0 radical (unpaired) electrons. The maximum Gasteiger partial charge on any atom is 0.119 e. The van der Waals surface area contributed by atoms with Crippen LogP contribution in [0.1, 0.15) is 5.56 Å². The fourth-order valence-corrected chi connectivity index (χ4v) is 1.16. The van der Waals surface area contributed by atoms with Crippen molar-refractivity contribution in [3.8, 4) is 5.75 Å². The molecule has 16 heavy (non-hydrogen) atoms. The van der Waals surface area contributed by atoms with Crippen molar-refractivity contribution in [2.45, 2.75) is 0 Å². The lowest BCUT2D eigenvalue weighted by Crippen LogP contribution is -2.02. The molecule has 86 valence electrons. The van der Waals surface area contributed by atoms with Crippen molar-refractivity contribution in [1.82, 2.24) is 5.32 Å². The second kappa shape index (κ2) is 6.63. The number of nitrogens with one attached hydrogen (secondary N) is 2. The zero-order valence-electron chi connectivity index (χ0n) is 9.23. The van der Waals surface area contributed by atoms with Gasteiger partial charge in [0.1, 0.15) is 12.4 Å². The minimum Gasteiger partial charge on any atom is -0.491 e. The molecule has 3 N–H and O–H groups in total. The van der Waals surface area contributed by atoms with E-state index in [-0.39, 0.29) is 13.2 Å². The quantitative estimate of drug-likeness (QED) is 0.630. The Labute approximate surface area is 95.1 Å². The van der Waals surface area contributed by atoms with E-state index < -0.39 is 0 Å². The van der Waals surface area contributed by atoms with Gasteiger partial charge in [-0.2, -0.15) is 0 Å². The molecule has 1 aromatic carbocycles. The third kappa shape index (κ3) is 3.74. The molecule has 0 amide bonds. The number of aliphatic hydroxyl groups excluding tert-OH is 1. The van der Waals surface area contributed by atoms with Crippen molar-refractivity contribution in [2.75, 3.05) is 20.3 Å². The zero-order chi connectivity index (χ0) is 11.8. The van der Waals surface area contributed by atoms with Gasteiger partial charge in [0.25, 0.3) is 0 Å². The van der Waals surface area contributed by atoms with Crippen molar-refractivity contribution in [2.24, 2.45) is 0 Å². The van der Waals surface area contributed by atoms with Gasteiger partial charge >= 0.3 is 0 Å². The fraction of sp³-hybridized carbons (Fsp3) is 0.250. The first-order chi connectivity index (χ1) is 7.77. The van der Waals surface area contributed by atoms with Crippen LogP contribution in [0.5, 0.6) is 5.75 Å². The third-order valence-electron chi connectivity index (χ3n) is 1.94. The Kier molecular flexibility index (Phi) is 5.08. The summed E-state index contributed by atoms with van der Waals surface area (Å²) >= 11 is 0. The molecule has 0 spiro atoms. The first kappa shape index (κ1) is 12.3. The average Bonchev–Trinajstić information content (AvgIpc) is 2.34. The Bertz CT molecular complexity index is 358. The van der Waals surface area contributed by atoms with Gasteiger partial charge in [-0.05, 0) is 42.1 Å². The highest BCUT2D eigenvalue weighted by Gasteiger charge is 1.98. The van der Waals surface area contributed by atoms with E-state index in [0.717, 1.165) is 5.56 Å². The van der Waals surface area contributed by atoms with Gasteiger partial charge in [0.15, 0.2) is 0 Å². The van der Waals surface area contributed by atoms with E-state index >= 15 is 0 Å². The SMILES string of the molecule is CN/C=C\C(=N)c1ccc(OCCO)cc1. The summed E-state index contributed by atoms with van der Waals surface area (Å²) in [5.41, 5.74) is 1.26. The van der Waals surface area contributed by atoms with E-state index in [0.29, 0.717) is 11.5 Å². The van der Waals surface area contributed by atoms with Crippen LogP contribution in [0.25, 0.3) is 0 Å². The smallest absolute Gasteiger partial charge is 0.119 e. The molecule has 0 bridgehead atoms. The second-order valence-electron chi connectivity index (χ2n) is 3.13. The van der Waals surface area contributed by atoms with Crippen molar-refractivity contribution in [3.63, 3.8) is 0 Å². The Hall–Kier alpha value is -1.81. The number of benzene rings is 1. The molecule has 1 rings (SSSR count). The summed E-state index contributed by atoms with van der Waals surface area (Å²) in [7, 11) is 1.79. The maximum atomic E-state index is 8.59. The maximum absolute atomic E-state index is 8.59.